The van der Waals surface area contributed by atoms with Crippen molar-refractivity contribution >= 4 is 58.1 Å². The number of methoxy groups -OCH3 is 1. The number of hydrogen-bond donors (Lipinski definition) is 2. The van der Waals surface area contributed by atoms with Crippen LogP contribution in [0.15, 0.2) is 47.4 Å². The third-order valence-corrected chi connectivity index (χ3v) is 5.60. The maximum atomic E-state index is 12.7. The van der Waals surface area contributed by atoms with Gasteiger partial charge in [0, 0.05) is 10.7 Å². The first-order valence-corrected chi connectivity index (χ1v) is 10.8. The Balaban J connectivity index is 1.71. The fraction of sp³-hybridized carbons (Fsp3) is 0.182. The largest absolute Gasteiger partial charge is 0.493 e. The van der Waals surface area contributed by atoms with Crippen molar-refractivity contribution in [1.82, 2.24) is 4.90 Å². The number of rotatable bonds is 8. The smallest absolute Gasteiger partial charge is 0.344 e. The molecule has 3 rings (SSSR count). The Morgan fingerprint density at radius 2 is 1.88 bits per heavy atom. The van der Waals surface area contributed by atoms with Crippen molar-refractivity contribution in [2.45, 2.75) is 13.0 Å². The summed E-state index contributed by atoms with van der Waals surface area (Å²) in [5.41, 5.74) is 1.01. The van der Waals surface area contributed by atoms with Crippen molar-refractivity contribution in [1.29, 1.82) is 0 Å². The minimum absolute atomic E-state index is 0.133. The van der Waals surface area contributed by atoms with Gasteiger partial charge in [0.25, 0.3) is 11.1 Å². The van der Waals surface area contributed by atoms with E-state index in [1.807, 2.05) is 0 Å². The standard InChI is InChI=1S/C22H19ClN2O7S/c1-12(21(28)29)32-16-8-3-13(9-17(16)31-2)10-18-20(27)25(22(30)33-18)11-19(26)24-15-6-4-14(23)5-7-15/h3-10,12H,11H2,1-2H3,(H,24,26)(H,28,29)/b18-10-/t12-/m0/s1. The molecule has 0 aromatic heterocycles. The number of imide groups is 1. The molecular formula is C22H19ClN2O7S. The molecule has 1 fully saturated rings. The SMILES string of the molecule is COc1cc(/C=C2\SC(=O)N(CC(=O)Nc3ccc(Cl)cc3)C2=O)ccc1O[C@@H](C)C(=O)O. The van der Waals surface area contributed by atoms with Crippen molar-refractivity contribution in [2.75, 3.05) is 19.0 Å². The van der Waals surface area contributed by atoms with Crippen LogP contribution in [0.4, 0.5) is 10.5 Å². The summed E-state index contributed by atoms with van der Waals surface area (Å²) in [7, 11) is 1.39. The molecule has 1 heterocycles. The van der Waals surface area contributed by atoms with Crippen LogP contribution in [0.3, 0.4) is 0 Å². The molecule has 9 nitrogen and oxygen atoms in total. The fourth-order valence-corrected chi connectivity index (χ4v) is 3.74. The van der Waals surface area contributed by atoms with Gasteiger partial charge in [-0.15, -0.1) is 0 Å². The van der Waals surface area contributed by atoms with E-state index >= 15 is 0 Å². The van der Waals surface area contributed by atoms with Gasteiger partial charge in [-0.05, 0) is 66.7 Å². The molecule has 2 N–H and O–H groups in total. The van der Waals surface area contributed by atoms with Gasteiger partial charge in [-0.1, -0.05) is 17.7 Å². The van der Waals surface area contributed by atoms with Gasteiger partial charge in [-0.2, -0.15) is 0 Å². The van der Waals surface area contributed by atoms with Crippen molar-refractivity contribution in [3.8, 4) is 11.5 Å². The number of carbonyl (C=O) groups excluding carboxylic acids is 3. The van der Waals surface area contributed by atoms with Crippen LogP contribution in [0, 0.1) is 0 Å². The van der Waals surface area contributed by atoms with Gasteiger partial charge in [-0.25, -0.2) is 4.79 Å². The molecule has 2 aromatic rings. The Morgan fingerprint density at radius 1 is 1.18 bits per heavy atom. The fourth-order valence-electron chi connectivity index (χ4n) is 2.78. The number of halogens is 1. The topological polar surface area (TPSA) is 122 Å². The van der Waals surface area contributed by atoms with Crippen LogP contribution in [0.2, 0.25) is 5.02 Å². The molecule has 1 aliphatic heterocycles. The summed E-state index contributed by atoms with van der Waals surface area (Å²) in [5, 5.41) is 11.5. The number of carboxylic acids is 1. The van der Waals surface area contributed by atoms with E-state index in [1.54, 1.807) is 36.4 Å². The Bertz CT molecular complexity index is 1130. The molecule has 11 heteroatoms. The molecule has 0 bridgehead atoms. The van der Waals surface area contributed by atoms with Crippen LogP contribution >= 0.6 is 23.4 Å². The maximum Gasteiger partial charge on any atom is 0.344 e. The summed E-state index contributed by atoms with van der Waals surface area (Å²) in [6.07, 6.45) is 0.398. The zero-order valence-corrected chi connectivity index (χ0v) is 19.1. The van der Waals surface area contributed by atoms with Crippen molar-refractivity contribution < 1.29 is 33.8 Å². The predicted molar refractivity (Wildman–Crippen MR) is 123 cm³/mol. The summed E-state index contributed by atoms with van der Waals surface area (Å²) in [6, 6.07) is 11.1. The van der Waals surface area contributed by atoms with Crippen LogP contribution in [0.5, 0.6) is 11.5 Å². The van der Waals surface area contributed by atoms with E-state index in [-0.39, 0.29) is 16.4 Å². The van der Waals surface area contributed by atoms with Crippen LogP contribution in [-0.2, 0) is 14.4 Å². The number of carbonyl (C=O) groups is 4. The molecule has 0 saturated carbocycles. The van der Waals surface area contributed by atoms with E-state index in [1.165, 1.54) is 26.2 Å². The highest BCUT2D eigenvalue weighted by molar-refractivity contribution is 8.18. The second kappa shape index (κ2) is 10.4. The van der Waals surface area contributed by atoms with Gasteiger partial charge >= 0.3 is 5.97 Å². The molecule has 33 heavy (non-hydrogen) atoms. The molecule has 0 spiro atoms. The summed E-state index contributed by atoms with van der Waals surface area (Å²) in [4.78, 5) is 49.3. The first kappa shape index (κ1) is 24.1. The monoisotopic (exact) mass is 490 g/mol. The van der Waals surface area contributed by atoms with Crippen LogP contribution in [-0.4, -0.2) is 52.8 Å². The van der Waals surface area contributed by atoms with Crippen LogP contribution < -0.4 is 14.8 Å². The highest BCUT2D eigenvalue weighted by Crippen LogP contribution is 2.34. The number of hydrogen-bond acceptors (Lipinski definition) is 7. The first-order chi connectivity index (χ1) is 15.7. The first-order valence-electron chi connectivity index (χ1n) is 9.56. The van der Waals surface area contributed by atoms with E-state index < -0.39 is 35.7 Å². The number of carboxylic acid groups (broad SMARTS) is 1. The molecule has 0 aliphatic carbocycles. The van der Waals surface area contributed by atoms with E-state index in [2.05, 4.69) is 5.32 Å². The molecule has 0 radical (unpaired) electrons. The third kappa shape index (κ3) is 6.05. The summed E-state index contributed by atoms with van der Waals surface area (Å²) in [6.45, 7) is 0.947. The number of nitrogens with one attached hydrogen (secondary N) is 1. The Hall–Kier alpha value is -3.50. The Morgan fingerprint density at radius 3 is 2.52 bits per heavy atom. The molecule has 1 aliphatic rings. The molecule has 172 valence electrons. The predicted octanol–water partition coefficient (Wildman–Crippen LogP) is 3.88. The number of amides is 3. The minimum atomic E-state index is -1.13. The quantitative estimate of drug-likeness (QED) is 0.534. The highest BCUT2D eigenvalue weighted by Gasteiger charge is 2.36. The molecule has 2 aromatic carbocycles. The van der Waals surface area contributed by atoms with E-state index in [9.17, 15) is 19.2 Å². The number of thioether (sulfide) groups is 1. The highest BCUT2D eigenvalue weighted by atomic mass is 35.5. The average Bonchev–Trinajstić information content (AvgIpc) is 3.03. The van der Waals surface area contributed by atoms with Gasteiger partial charge in [0.2, 0.25) is 5.91 Å². The summed E-state index contributed by atoms with van der Waals surface area (Å²) >= 11 is 6.52. The normalized spacial score (nSPS) is 15.5. The second-order valence-corrected chi connectivity index (χ2v) is 8.26. The molecule has 1 saturated heterocycles. The van der Waals surface area contributed by atoms with E-state index in [0.29, 0.717) is 28.0 Å². The number of nitrogens with zero attached hydrogens (tertiary/aromatic N) is 1. The Kier molecular flexibility index (Phi) is 7.62. The van der Waals surface area contributed by atoms with Gasteiger partial charge in [0.05, 0.1) is 12.0 Å². The third-order valence-electron chi connectivity index (χ3n) is 4.44. The minimum Gasteiger partial charge on any atom is -0.493 e. The number of aliphatic carboxylic acids is 1. The zero-order valence-electron chi connectivity index (χ0n) is 17.5. The lowest BCUT2D eigenvalue weighted by molar-refractivity contribution is -0.144. The average molecular weight is 491 g/mol. The van der Waals surface area contributed by atoms with Gasteiger partial charge in [-0.3, -0.25) is 19.3 Å². The van der Waals surface area contributed by atoms with E-state index in [4.69, 9.17) is 26.2 Å². The van der Waals surface area contributed by atoms with Crippen LogP contribution in [0.25, 0.3) is 6.08 Å². The lowest BCUT2D eigenvalue weighted by Gasteiger charge is -2.14. The molecule has 3 amide bonds. The number of benzene rings is 2. The van der Waals surface area contributed by atoms with Crippen molar-refractivity contribution in [2.24, 2.45) is 0 Å². The maximum absolute atomic E-state index is 12.7. The second-order valence-electron chi connectivity index (χ2n) is 6.83. The number of ether oxygens (including phenoxy) is 2. The van der Waals surface area contributed by atoms with Gasteiger partial charge < -0.3 is 19.9 Å². The van der Waals surface area contributed by atoms with Crippen molar-refractivity contribution in [3.05, 3.63) is 58.0 Å². The molecule has 0 unspecified atom stereocenters. The van der Waals surface area contributed by atoms with E-state index in [0.717, 1.165) is 4.90 Å². The van der Waals surface area contributed by atoms with Crippen molar-refractivity contribution in [3.63, 3.8) is 0 Å². The summed E-state index contributed by atoms with van der Waals surface area (Å²) < 4.78 is 10.6. The lowest BCUT2D eigenvalue weighted by atomic mass is 10.2. The van der Waals surface area contributed by atoms with Gasteiger partial charge in [0.1, 0.15) is 6.54 Å². The molecular weight excluding hydrogens is 472 g/mol. The zero-order chi connectivity index (χ0) is 24.1. The lowest BCUT2D eigenvalue weighted by Crippen LogP contribution is -2.36. The summed E-state index contributed by atoms with van der Waals surface area (Å²) in [5.74, 6) is -1.78. The van der Waals surface area contributed by atoms with Crippen LogP contribution in [0.1, 0.15) is 12.5 Å². The Labute approximate surface area is 198 Å². The van der Waals surface area contributed by atoms with Gasteiger partial charge in [0.15, 0.2) is 17.6 Å². The number of anilines is 1. The molecule has 1 atom stereocenters.